The highest BCUT2D eigenvalue weighted by molar-refractivity contribution is 5.93. The van der Waals surface area contributed by atoms with E-state index >= 15 is 0 Å². The van der Waals surface area contributed by atoms with Crippen molar-refractivity contribution in [2.24, 2.45) is 5.92 Å². The van der Waals surface area contributed by atoms with Gasteiger partial charge in [-0.15, -0.1) is 0 Å². The molecular weight excluding hydrogens is 400 g/mol. The minimum Gasteiger partial charge on any atom is -0.497 e. The number of rotatable bonds is 7. The lowest BCUT2D eigenvalue weighted by Crippen LogP contribution is -2.43. The van der Waals surface area contributed by atoms with Crippen molar-refractivity contribution in [3.8, 4) is 22.7 Å². The monoisotopic (exact) mass is 432 g/mol. The van der Waals surface area contributed by atoms with Gasteiger partial charge in [0.25, 0.3) is 5.91 Å². The molecule has 1 aliphatic heterocycles. The summed E-state index contributed by atoms with van der Waals surface area (Å²) in [7, 11) is 1.65. The molecule has 0 radical (unpaired) electrons. The Morgan fingerprint density at radius 3 is 2.59 bits per heavy atom. The molecule has 0 saturated carbocycles. The first-order valence-electron chi connectivity index (χ1n) is 11.4. The van der Waals surface area contributed by atoms with Crippen LogP contribution in [0.4, 0.5) is 0 Å². The Bertz CT molecular complexity index is 1030. The van der Waals surface area contributed by atoms with Gasteiger partial charge in [-0.2, -0.15) is 5.10 Å². The maximum atomic E-state index is 13.0. The molecule has 0 bridgehead atoms. The Kier molecular flexibility index (Phi) is 6.90. The fourth-order valence-electron chi connectivity index (χ4n) is 4.29. The number of hydrogen-bond acceptors (Lipinski definition) is 4. The van der Waals surface area contributed by atoms with Crippen molar-refractivity contribution in [2.45, 2.75) is 32.7 Å². The molecule has 1 amide bonds. The third-order valence-electron chi connectivity index (χ3n) is 6.16. The third-order valence-corrected chi connectivity index (χ3v) is 6.16. The highest BCUT2D eigenvalue weighted by Crippen LogP contribution is 2.26. The number of nitrogens with one attached hydrogen (secondary N) is 1. The van der Waals surface area contributed by atoms with Crippen LogP contribution in [0.3, 0.4) is 0 Å². The molecule has 4 rings (SSSR count). The zero-order valence-electron chi connectivity index (χ0n) is 19.1. The maximum Gasteiger partial charge on any atom is 0.271 e. The highest BCUT2D eigenvalue weighted by atomic mass is 16.5. The van der Waals surface area contributed by atoms with Crippen LogP contribution in [0.25, 0.3) is 16.9 Å². The average Bonchev–Trinajstić information content (AvgIpc) is 3.29. The number of aromatic nitrogens is 2. The summed E-state index contributed by atoms with van der Waals surface area (Å²) in [5.74, 6) is 1.14. The summed E-state index contributed by atoms with van der Waals surface area (Å²) in [6, 6.07) is 20.1. The number of para-hydroxylation sites is 1. The summed E-state index contributed by atoms with van der Waals surface area (Å²) in [6.07, 6.45) is 2.34. The van der Waals surface area contributed by atoms with Crippen molar-refractivity contribution < 1.29 is 9.53 Å². The van der Waals surface area contributed by atoms with E-state index in [1.165, 1.54) is 6.42 Å². The van der Waals surface area contributed by atoms with Crippen LogP contribution in [0.1, 0.15) is 37.2 Å². The average molecular weight is 433 g/mol. The van der Waals surface area contributed by atoms with E-state index in [0.29, 0.717) is 24.2 Å². The molecule has 32 heavy (non-hydrogen) atoms. The lowest BCUT2D eigenvalue weighted by atomic mass is 9.97. The molecule has 2 heterocycles. The van der Waals surface area contributed by atoms with Crippen LogP contribution in [0.5, 0.6) is 5.75 Å². The van der Waals surface area contributed by atoms with Gasteiger partial charge in [0, 0.05) is 24.7 Å². The minimum absolute atomic E-state index is 0.129. The third kappa shape index (κ3) is 5.02. The lowest BCUT2D eigenvalue weighted by Gasteiger charge is -2.35. The molecule has 0 aliphatic carbocycles. The first-order valence-corrected chi connectivity index (χ1v) is 11.4. The number of amides is 1. The van der Waals surface area contributed by atoms with E-state index in [4.69, 9.17) is 4.74 Å². The van der Waals surface area contributed by atoms with Crippen LogP contribution in [0.2, 0.25) is 0 Å². The van der Waals surface area contributed by atoms with Crippen molar-refractivity contribution in [1.82, 2.24) is 20.0 Å². The normalized spacial score (nSPS) is 16.8. The smallest absolute Gasteiger partial charge is 0.271 e. The number of ether oxygens (including phenoxy) is 1. The Morgan fingerprint density at radius 1 is 1.16 bits per heavy atom. The van der Waals surface area contributed by atoms with Crippen molar-refractivity contribution in [3.63, 3.8) is 0 Å². The van der Waals surface area contributed by atoms with Crippen molar-refractivity contribution in [1.29, 1.82) is 0 Å². The largest absolute Gasteiger partial charge is 0.497 e. The molecule has 6 nitrogen and oxygen atoms in total. The van der Waals surface area contributed by atoms with Crippen LogP contribution < -0.4 is 10.1 Å². The fourth-order valence-corrected chi connectivity index (χ4v) is 4.29. The van der Waals surface area contributed by atoms with Gasteiger partial charge >= 0.3 is 0 Å². The first-order chi connectivity index (χ1) is 15.5. The number of carbonyl (C=O) groups excluding carboxylic acids is 1. The zero-order valence-corrected chi connectivity index (χ0v) is 19.1. The molecule has 1 aliphatic rings. The van der Waals surface area contributed by atoms with Crippen LogP contribution in [0, 0.1) is 5.92 Å². The molecule has 2 aromatic carbocycles. The predicted octanol–water partition coefficient (Wildman–Crippen LogP) is 4.40. The van der Waals surface area contributed by atoms with Gasteiger partial charge < -0.3 is 15.0 Å². The molecule has 168 valence electrons. The second kappa shape index (κ2) is 10.0. The number of methoxy groups -OCH3 is 1. The summed E-state index contributed by atoms with van der Waals surface area (Å²) in [6.45, 7) is 7.33. The van der Waals surface area contributed by atoms with E-state index in [2.05, 4.69) is 29.2 Å². The quantitative estimate of drug-likeness (QED) is 0.601. The lowest BCUT2D eigenvalue weighted by molar-refractivity contribution is 0.0917. The zero-order chi connectivity index (χ0) is 22.5. The number of likely N-dealkylation sites (tertiary alicyclic amines) is 1. The standard InChI is InChI=1S/C26H32N4O2/c1-19(2)29-15-7-8-20(18-29)17-27-26(31)24-16-25(21-11-13-23(32-3)14-12-21)30(28-24)22-9-5-4-6-10-22/h4-6,9-14,16,19-20H,7-8,15,17-18H2,1-3H3,(H,27,31). The number of hydrogen-bond donors (Lipinski definition) is 1. The number of piperidine rings is 1. The predicted molar refractivity (Wildman–Crippen MR) is 127 cm³/mol. The fraction of sp³-hybridized carbons (Fsp3) is 0.385. The molecule has 1 fully saturated rings. The van der Waals surface area contributed by atoms with E-state index in [1.807, 2.05) is 65.3 Å². The topological polar surface area (TPSA) is 59.4 Å². The van der Waals surface area contributed by atoms with Gasteiger partial charge in [-0.3, -0.25) is 4.79 Å². The summed E-state index contributed by atoms with van der Waals surface area (Å²) in [4.78, 5) is 15.5. The minimum atomic E-state index is -0.129. The van der Waals surface area contributed by atoms with Crippen LogP contribution in [-0.4, -0.2) is 53.4 Å². The summed E-state index contributed by atoms with van der Waals surface area (Å²) in [5, 5.41) is 7.80. The van der Waals surface area contributed by atoms with Crippen LogP contribution in [-0.2, 0) is 0 Å². The van der Waals surface area contributed by atoms with Gasteiger partial charge in [-0.25, -0.2) is 4.68 Å². The van der Waals surface area contributed by atoms with Gasteiger partial charge in [-0.1, -0.05) is 18.2 Å². The maximum absolute atomic E-state index is 13.0. The Hall–Kier alpha value is -3.12. The molecule has 3 aromatic rings. The first kappa shape index (κ1) is 22.1. The Morgan fingerprint density at radius 2 is 1.91 bits per heavy atom. The van der Waals surface area contributed by atoms with E-state index in [0.717, 1.165) is 42.2 Å². The summed E-state index contributed by atoms with van der Waals surface area (Å²) < 4.78 is 7.12. The number of carbonyl (C=O) groups is 1. The molecule has 6 heteroatoms. The Balaban J connectivity index is 1.54. The van der Waals surface area contributed by atoms with E-state index in [-0.39, 0.29) is 5.91 Å². The van der Waals surface area contributed by atoms with Crippen molar-refractivity contribution in [3.05, 3.63) is 66.4 Å². The van der Waals surface area contributed by atoms with E-state index in [9.17, 15) is 4.79 Å². The van der Waals surface area contributed by atoms with Gasteiger partial charge in [-0.05, 0) is 81.6 Å². The van der Waals surface area contributed by atoms with Gasteiger partial charge in [0.2, 0.25) is 0 Å². The van der Waals surface area contributed by atoms with Crippen LogP contribution in [0.15, 0.2) is 60.7 Å². The highest BCUT2D eigenvalue weighted by Gasteiger charge is 2.23. The SMILES string of the molecule is COc1ccc(-c2cc(C(=O)NCC3CCCN(C(C)C)C3)nn2-c2ccccc2)cc1. The molecule has 1 N–H and O–H groups in total. The van der Waals surface area contributed by atoms with Gasteiger partial charge in [0.05, 0.1) is 18.5 Å². The number of benzene rings is 2. The van der Waals surface area contributed by atoms with Crippen LogP contribution >= 0.6 is 0 Å². The van der Waals surface area contributed by atoms with Gasteiger partial charge in [0.15, 0.2) is 5.69 Å². The molecule has 1 aromatic heterocycles. The van der Waals surface area contributed by atoms with Gasteiger partial charge in [0.1, 0.15) is 5.75 Å². The summed E-state index contributed by atoms with van der Waals surface area (Å²) >= 11 is 0. The second-order valence-corrected chi connectivity index (χ2v) is 8.70. The number of nitrogens with zero attached hydrogens (tertiary/aromatic N) is 3. The van der Waals surface area contributed by atoms with Crippen molar-refractivity contribution >= 4 is 5.91 Å². The molecular formula is C26H32N4O2. The van der Waals surface area contributed by atoms with E-state index in [1.54, 1.807) is 7.11 Å². The molecule has 1 atom stereocenters. The molecule has 1 saturated heterocycles. The Labute approximate surface area is 190 Å². The molecule has 1 unspecified atom stereocenters. The van der Waals surface area contributed by atoms with E-state index < -0.39 is 0 Å². The summed E-state index contributed by atoms with van der Waals surface area (Å²) in [5.41, 5.74) is 3.18. The second-order valence-electron chi connectivity index (χ2n) is 8.70. The molecule has 0 spiro atoms. The van der Waals surface area contributed by atoms with Crippen molar-refractivity contribution in [2.75, 3.05) is 26.7 Å².